The van der Waals surface area contributed by atoms with Gasteiger partial charge in [0, 0.05) is 5.69 Å². The number of nitrogens with zero attached hydrogens (tertiary/aromatic N) is 1. The average Bonchev–Trinajstić information content (AvgIpc) is 2.76. The van der Waals surface area contributed by atoms with Crippen LogP contribution in [0.2, 0.25) is 0 Å². The number of carbonyl (C=O) groups excluding carboxylic acids is 1. The van der Waals surface area contributed by atoms with E-state index in [1.165, 1.54) is 0 Å². The van der Waals surface area contributed by atoms with Gasteiger partial charge in [-0.3, -0.25) is 4.79 Å². The predicted molar refractivity (Wildman–Crippen MR) is 76.0 cm³/mol. The molecule has 1 aliphatic rings. The number of para-hydroxylation sites is 1. The van der Waals surface area contributed by atoms with E-state index in [1.807, 2.05) is 65.6 Å². The Morgan fingerprint density at radius 1 is 0.947 bits per heavy atom. The van der Waals surface area contributed by atoms with Crippen molar-refractivity contribution in [1.29, 1.82) is 0 Å². The molecule has 2 unspecified atom stereocenters. The fraction of sp³-hybridized carbons (Fsp3) is 0.188. The molecule has 0 bridgehead atoms. The summed E-state index contributed by atoms with van der Waals surface area (Å²) in [5, 5.41) is 0. The first-order valence-electron chi connectivity index (χ1n) is 6.42. The van der Waals surface area contributed by atoms with E-state index in [2.05, 4.69) is 0 Å². The van der Waals surface area contributed by atoms with Crippen LogP contribution in [0, 0.1) is 0 Å². The average molecular weight is 252 g/mol. The Morgan fingerprint density at radius 3 is 2.16 bits per heavy atom. The number of rotatable bonds is 2. The van der Waals surface area contributed by atoms with Crippen LogP contribution < -0.4 is 10.6 Å². The van der Waals surface area contributed by atoms with E-state index in [-0.39, 0.29) is 17.9 Å². The third-order valence-corrected chi connectivity index (χ3v) is 3.62. The highest BCUT2D eigenvalue weighted by Crippen LogP contribution is 2.31. The van der Waals surface area contributed by atoms with Crippen molar-refractivity contribution in [3.8, 4) is 0 Å². The highest BCUT2D eigenvalue weighted by Gasteiger charge is 2.39. The Kier molecular flexibility index (Phi) is 3.05. The molecule has 1 saturated heterocycles. The van der Waals surface area contributed by atoms with Crippen LogP contribution in [0.1, 0.15) is 11.5 Å². The lowest BCUT2D eigenvalue weighted by Crippen LogP contribution is -2.39. The maximum absolute atomic E-state index is 12.2. The zero-order chi connectivity index (χ0) is 13.2. The third-order valence-electron chi connectivity index (χ3n) is 3.62. The SMILES string of the molecule is NC1C(c2ccccc2)C(=O)CN1c1ccccc1. The van der Waals surface area contributed by atoms with Gasteiger partial charge in [0.25, 0.3) is 0 Å². The number of hydrogen-bond acceptors (Lipinski definition) is 3. The maximum Gasteiger partial charge on any atom is 0.163 e. The Morgan fingerprint density at radius 2 is 1.53 bits per heavy atom. The van der Waals surface area contributed by atoms with Crippen LogP contribution in [0.4, 0.5) is 5.69 Å². The van der Waals surface area contributed by atoms with Crippen molar-refractivity contribution < 1.29 is 4.79 Å². The second-order valence-corrected chi connectivity index (χ2v) is 4.81. The second-order valence-electron chi connectivity index (χ2n) is 4.81. The first-order chi connectivity index (χ1) is 9.27. The zero-order valence-corrected chi connectivity index (χ0v) is 10.6. The Bertz CT molecular complexity index is 568. The zero-order valence-electron chi connectivity index (χ0n) is 10.6. The Labute approximate surface area is 112 Å². The number of ketones is 1. The van der Waals surface area contributed by atoms with E-state index in [4.69, 9.17) is 5.73 Å². The van der Waals surface area contributed by atoms with E-state index < -0.39 is 0 Å². The third kappa shape index (κ3) is 2.13. The highest BCUT2D eigenvalue weighted by atomic mass is 16.1. The second kappa shape index (κ2) is 4.86. The molecule has 96 valence electrons. The summed E-state index contributed by atoms with van der Waals surface area (Å²) in [6.07, 6.45) is -0.294. The first-order valence-corrected chi connectivity index (χ1v) is 6.42. The monoisotopic (exact) mass is 252 g/mol. The lowest BCUT2D eigenvalue weighted by atomic mass is 9.95. The summed E-state index contributed by atoms with van der Waals surface area (Å²) in [5.74, 6) is -0.0519. The van der Waals surface area contributed by atoms with E-state index in [9.17, 15) is 4.79 Å². The molecule has 1 fully saturated rings. The minimum absolute atomic E-state index is 0.183. The summed E-state index contributed by atoms with van der Waals surface area (Å²) < 4.78 is 0. The van der Waals surface area contributed by atoms with Crippen molar-refractivity contribution in [3.05, 3.63) is 66.2 Å². The molecule has 3 rings (SSSR count). The van der Waals surface area contributed by atoms with Crippen LogP contribution in [0.25, 0.3) is 0 Å². The summed E-state index contributed by atoms with van der Waals surface area (Å²) in [6, 6.07) is 19.6. The summed E-state index contributed by atoms with van der Waals surface area (Å²) in [6.45, 7) is 0.380. The molecule has 1 aliphatic heterocycles. The van der Waals surface area contributed by atoms with Gasteiger partial charge in [0.2, 0.25) is 0 Å². The van der Waals surface area contributed by atoms with Gasteiger partial charge in [0.1, 0.15) is 0 Å². The number of nitrogens with two attached hydrogens (primary N) is 1. The Hall–Kier alpha value is -2.13. The first kappa shape index (κ1) is 11.9. The van der Waals surface area contributed by atoms with Crippen molar-refractivity contribution in [3.63, 3.8) is 0 Å². The molecule has 0 amide bonds. The molecule has 0 saturated carbocycles. The molecule has 2 atom stereocenters. The van der Waals surface area contributed by atoms with Gasteiger partial charge in [0.15, 0.2) is 5.78 Å². The van der Waals surface area contributed by atoms with Crippen LogP contribution in [0.3, 0.4) is 0 Å². The van der Waals surface area contributed by atoms with E-state index >= 15 is 0 Å². The minimum Gasteiger partial charge on any atom is -0.348 e. The van der Waals surface area contributed by atoms with Crippen LogP contribution >= 0.6 is 0 Å². The minimum atomic E-state index is -0.294. The molecule has 0 aliphatic carbocycles. The molecule has 2 aromatic rings. The van der Waals surface area contributed by atoms with Gasteiger partial charge >= 0.3 is 0 Å². The van der Waals surface area contributed by atoms with Gasteiger partial charge in [-0.25, -0.2) is 0 Å². The maximum atomic E-state index is 12.2. The quantitative estimate of drug-likeness (QED) is 0.890. The molecule has 2 aromatic carbocycles. The predicted octanol–water partition coefficient (Wildman–Crippen LogP) is 2.14. The standard InChI is InChI=1S/C16H16N2O/c17-16-15(12-7-3-1-4-8-12)14(19)11-18(16)13-9-5-2-6-10-13/h1-10,15-16H,11,17H2. The lowest BCUT2D eigenvalue weighted by molar-refractivity contribution is -0.117. The van der Waals surface area contributed by atoms with Gasteiger partial charge in [0.05, 0.1) is 18.6 Å². The molecule has 3 heteroatoms. The van der Waals surface area contributed by atoms with E-state index in [0.717, 1.165) is 11.3 Å². The molecular weight excluding hydrogens is 236 g/mol. The van der Waals surface area contributed by atoms with Gasteiger partial charge < -0.3 is 10.6 Å². The normalized spacial score (nSPS) is 22.8. The fourth-order valence-electron chi connectivity index (χ4n) is 2.67. The molecule has 0 aromatic heterocycles. The van der Waals surface area contributed by atoms with Crippen LogP contribution in [-0.2, 0) is 4.79 Å². The van der Waals surface area contributed by atoms with Crippen LogP contribution in [0.15, 0.2) is 60.7 Å². The molecule has 0 radical (unpaired) electrons. The van der Waals surface area contributed by atoms with Crippen molar-refractivity contribution in [2.24, 2.45) is 5.73 Å². The number of benzene rings is 2. The topological polar surface area (TPSA) is 46.3 Å². The summed E-state index contributed by atoms with van der Waals surface area (Å²) in [4.78, 5) is 14.2. The van der Waals surface area contributed by atoms with Crippen LogP contribution in [-0.4, -0.2) is 18.5 Å². The number of hydrogen-bond donors (Lipinski definition) is 1. The van der Waals surface area contributed by atoms with E-state index in [0.29, 0.717) is 6.54 Å². The van der Waals surface area contributed by atoms with E-state index in [1.54, 1.807) is 0 Å². The molecule has 19 heavy (non-hydrogen) atoms. The smallest absolute Gasteiger partial charge is 0.163 e. The molecule has 2 N–H and O–H groups in total. The van der Waals surface area contributed by atoms with Crippen molar-refractivity contribution in [1.82, 2.24) is 0 Å². The van der Waals surface area contributed by atoms with Gasteiger partial charge in [-0.05, 0) is 17.7 Å². The summed E-state index contributed by atoms with van der Waals surface area (Å²) in [7, 11) is 0. The van der Waals surface area contributed by atoms with Crippen molar-refractivity contribution in [2.45, 2.75) is 12.1 Å². The van der Waals surface area contributed by atoms with Gasteiger partial charge in [-0.15, -0.1) is 0 Å². The fourth-order valence-corrected chi connectivity index (χ4v) is 2.67. The van der Waals surface area contributed by atoms with Crippen molar-refractivity contribution in [2.75, 3.05) is 11.4 Å². The lowest BCUT2D eigenvalue weighted by Gasteiger charge is -2.25. The molecular formula is C16H16N2O. The summed E-state index contributed by atoms with van der Waals surface area (Å²) in [5.41, 5.74) is 8.28. The van der Waals surface area contributed by atoms with Gasteiger partial charge in [-0.2, -0.15) is 0 Å². The summed E-state index contributed by atoms with van der Waals surface area (Å²) >= 11 is 0. The molecule has 1 heterocycles. The molecule has 3 nitrogen and oxygen atoms in total. The molecule has 0 spiro atoms. The van der Waals surface area contributed by atoms with Crippen molar-refractivity contribution >= 4 is 11.5 Å². The van der Waals surface area contributed by atoms with Gasteiger partial charge in [-0.1, -0.05) is 48.5 Å². The number of Topliss-reactive ketones (excluding diaryl/α,β-unsaturated/α-hetero) is 1. The Balaban J connectivity index is 1.92. The number of anilines is 1. The highest BCUT2D eigenvalue weighted by molar-refractivity contribution is 5.94. The van der Waals surface area contributed by atoms with Crippen LogP contribution in [0.5, 0.6) is 0 Å². The largest absolute Gasteiger partial charge is 0.348 e. The number of carbonyl (C=O) groups is 1.